The molecule has 0 radical (unpaired) electrons. The largest absolute Gasteiger partial charge is 0.311 e. The van der Waals surface area contributed by atoms with Crippen LogP contribution >= 0.6 is 0 Å². The predicted octanol–water partition coefficient (Wildman–Crippen LogP) is 27.9. The number of para-hydroxylation sites is 2. The number of nitrogens with zero attached hydrogens (tertiary/aromatic N) is 7. The van der Waals surface area contributed by atoms with Crippen LogP contribution in [0.5, 0.6) is 0 Å². The van der Waals surface area contributed by atoms with Gasteiger partial charge in [0, 0.05) is 77.8 Å². The van der Waals surface area contributed by atoms with E-state index in [-0.39, 0.29) is 48.9 Å². The third-order valence-corrected chi connectivity index (χ3v) is 24.5. The maximum Gasteiger partial charge on any atom is 0.252 e. The van der Waals surface area contributed by atoms with Gasteiger partial charge < -0.3 is 18.9 Å². The van der Waals surface area contributed by atoms with Gasteiger partial charge in [-0.05, 0) is 195 Å². The van der Waals surface area contributed by atoms with E-state index in [0.717, 1.165) is 117 Å². The van der Waals surface area contributed by atoms with E-state index >= 15 is 0 Å². The standard InChI is InChI=1S/C111H104BN7/c1-106(2,3)75-48-54-94-87(61-75)88-62-76(107(4,5)6)49-55-95(88)116(94)81-51-53-91-98(66-81)118(96-56-50-77(108(7,8)9)63-89(96)105-114-103(71-39-27-21-28-40-71)113-104(115-105)72-41-29-22-30-42-72)99-67-82(117-92-45-33-31-43-83(92)84-44-32-34-46-93(84)117)68-100-101(99)112(91)90-52-47-73(74-57-78(109(10,11)12)60-79(58-74)110(13,14)15)59-97(90)119(100)102-85(69-35-23-19-24-36-69)64-80(111(16,17)18)65-86(102)70-37-25-20-26-38-70/h19-68H,1-18H3/i31D,32D,33D,34D,43D,44D,45D,46D. The zero-order valence-electron chi connectivity index (χ0n) is 79.5. The second-order valence-corrected chi connectivity index (χ2v) is 38.8. The van der Waals surface area contributed by atoms with Crippen molar-refractivity contribution in [1.82, 2.24) is 24.1 Å². The summed E-state index contributed by atoms with van der Waals surface area (Å²) in [5, 5.41) is 2.19. The van der Waals surface area contributed by atoms with Crippen molar-refractivity contribution in [2.75, 3.05) is 9.80 Å². The Labute approximate surface area is 714 Å². The molecule has 0 saturated heterocycles. The molecule has 2 aliphatic rings. The summed E-state index contributed by atoms with van der Waals surface area (Å²) >= 11 is 0. The first kappa shape index (κ1) is 67.4. The SMILES string of the molecule is [2H]c1c([2H])c([2H])c2c(c1[2H])c1c([2H])c([2H])c([2H])c([2H])c1n2-c1cc2c3c(c1)N(c1c(-c4ccccc4)cc(C(C)(C)C)cc1-c1ccccc1)c1cc(-c4cc(C(C)(C)C)cc(C(C)(C)C)c4)ccc1B3c1ccc(-n3c4ccc(C(C)(C)C)cc4c4cc(C(C)(C)C)ccc43)cc1N2c1ccc(C(C)(C)C)cc1-c1nc(-c2ccccc2)nc(-c2ccccc2)n1. The van der Waals surface area contributed by atoms with E-state index in [4.69, 9.17) is 15.0 Å². The van der Waals surface area contributed by atoms with Gasteiger partial charge >= 0.3 is 0 Å². The summed E-state index contributed by atoms with van der Waals surface area (Å²) in [6, 6.07) is 88.3. The monoisotopic (exact) mass is 1550 g/mol. The van der Waals surface area contributed by atoms with Gasteiger partial charge in [-0.25, -0.2) is 15.0 Å². The van der Waals surface area contributed by atoms with Crippen LogP contribution in [-0.4, -0.2) is 30.8 Å². The first-order chi connectivity index (χ1) is 60.1. The van der Waals surface area contributed by atoms with Crippen LogP contribution in [0.1, 0.15) is 169 Å². The highest BCUT2D eigenvalue weighted by Crippen LogP contribution is 2.55. The Kier molecular flexibility index (Phi) is 15.9. The molecule has 0 saturated carbocycles. The maximum atomic E-state index is 10.4. The highest BCUT2D eigenvalue weighted by Gasteiger charge is 2.46. The molecule has 0 unspecified atom stereocenters. The molecular weight excluding hydrogens is 1440 g/mol. The lowest BCUT2D eigenvalue weighted by molar-refractivity contribution is 0.569. The van der Waals surface area contributed by atoms with Crippen molar-refractivity contribution < 1.29 is 11.0 Å². The first-order valence-corrected chi connectivity index (χ1v) is 41.8. The van der Waals surface area contributed by atoms with Crippen LogP contribution in [0.2, 0.25) is 0 Å². The molecule has 8 heteroatoms. The molecule has 19 rings (SSSR count). The minimum atomic E-state index is -0.599. The summed E-state index contributed by atoms with van der Waals surface area (Å²) in [5.41, 5.74) is 24.2. The molecule has 7 nitrogen and oxygen atoms in total. The average Bonchev–Trinajstić information content (AvgIpc) is 1.63. The molecule has 0 bridgehead atoms. The zero-order valence-corrected chi connectivity index (χ0v) is 71.5. The van der Waals surface area contributed by atoms with E-state index in [1.54, 1.807) is 4.57 Å². The van der Waals surface area contributed by atoms with Crippen molar-refractivity contribution in [3.05, 3.63) is 337 Å². The van der Waals surface area contributed by atoms with Gasteiger partial charge in [0.2, 0.25) is 0 Å². The van der Waals surface area contributed by atoms with Crippen LogP contribution in [0.15, 0.2) is 303 Å². The molecule has 586 valence electrons. The van der Waals surface area contributed by atoms with Crippen molar-refractivity contribution in [2.24, 2.45) is 0 Å². The van der Waals surface area contributed by atoms with E-state index in [2.05, 4.69) is 333 Å². The van der Waals surface area contributed by atoms with E-state index in [1.807, 2.05) is 60.7 Å². The van der Waals surface area contributed by atoms with Gasteiger partial charge in [-0.1, -0.05) is 337 Å². The van der Waals surface area contributed by atoms with Crippen LogP contribution < -0.4 is 26.2 Å². The lowest BCUT2D eigenvalue weighted by Crippen LogP contribution is -2.61. The van der Waals surface area contributed by atoms with E-state index in [0.29, 0.717) is 45.8 Å². The zero-order chi connectivity index (χ0) is 89.7. The van der Waals surface area contributed by atoms with Gasteiger partial charge in [-0.15, -0.1) is 0 Å². The summed E-state index contributed by atoms with van der Waals surface area (Å²) in [5.74, 6) is 1.35. The lowest BCUT2D eigenvalue weighted by Gasteiger charge is -2.46. The summed E-state index contributed by atoms with van der Waals surface area (Å²) in [4.78, 5) is 21.5. The summed E-state index contributed by atoms with van der Waals surface area (Å²) in [6.45, 7) is 40.2. The lowest BCUT2D eigenvalue weighted by atomic mass is 9.33. The molecule has 14 aromatic carbocycles. The smallest absolute Gasteiger partial charge is 0.252 e. The Balaban J connectivity index is 1.05. The van der Waals surface area contributed by atoms with Gasteiger partial charge in [-0.2, -0.15) is 0 Å². The van der Waals surface area contributed by atoms with Crippen molar-refractivity contribution in [1.29, 1.82) is 0 Å². The highest BCUT2D eigenvalue weighted by molar-refractivity contribution is 7.00. The van der Waals surface area contributed by atoms with Crippen LogP contribution in [0.25, 0.3) is 123 Å². The van der Waals surface area contributed by atoms with Crippen molar-refractivity contribution in [3.63, 3.8) is 0 Å². The van der Waals surface area contributed by atoms with Crippen molar-refractivity contribution in [2.45, 2.75) is 157 Å². The minimum Gasteiger partial charge on any atom is -0.311 e. The average molecular weight is 1550 g/mol. The van der Waals surface area contributed by atoms with Crippen molar-refractivity contribution in [3.8, 4) is 78.9 Å². The minimum absolute atomic E-state index is 0.0115. The third-order valence-electron chi connectivity index (χ3n) is 24.5. The molecular formula is C111H104BN7. The van der Waals surface area contributed by atoms with E-state index in [1.165, 1.54) is 22.3 Å². The third kappa shape index (κ3) is 13.3. The maximum absolute atomic E-state index is 10.4. The molecule has 0 amide bonds. The van der Waals surface area contributed by atoms with Crippen molar-refractivity contribution >= 4 is 101 Å². The van der Waals surface area contributed by atoms with Crippen LogP contribution in [0.4, 0.5) is 34.1 Å². The first-order valence-electron chi connectivity index (χ1n) is 45.8. The fourth-order valence-corrected chi connectivity index (χ4v) is 17.8. The molecule has 0 spiro atoms. The second kappa shape index (κ2) is 28.0. The number of hydrogen-bond acceptors (Lipinski definition) is 5. The number of anilines is 6. The predicted molar refractivity (Wildman–Crippen MR) is 507 cm³/mol. The van der Waals surface area contributed by atoms with Gasteiger partial charge in [0.05, 0.1) is 50.1 Å². The fraction of sp³-hybridized carbons (Fsp3) is 0.216. The Morgan fingerprint density at radius 1 is 0.261 bits per heavy atom. The Bertz CT molecular complexity index is 7120. The van der Waals surface area contributed by atoms with E-state index in [9.17, 15) is 11.0 Å². The fourth-order valence-electron chi connectivity index (χ4n) is 17.8. The molecule has 5 heterocycles. The molecule has 2 aliphatic heterocycles. The van der Waals surface area contributed by atoms with Crippen LogP contribution in [-0.2, 0) is 32.5 Å². The Morgan fingerprint density at radius 3 is 1.13 bits per heavy atom. The number of aromatic nitrogens is 5. The highest BCUT2D eigenvalue weighted by atomic mass is 15.2. The number of rotatable bonds is 10. The molecule has 3 aromatic heterocycles. The van der Waals surface area contributed by atoms with Gasteiger partial charge in [0.25, 0.3) is 6.71 Å². The van der Waals surface area contributed by atoms with E-state index < -0.39 is 60.5 Å². The van der Waals surface area contributed by atoms with Crippen LogP contribution in [0, 0.1) is 0 Å². The van der Waals surface area contributed by atoms with Crippen LogP contribution in [0.3, 0.4) is 0 Å². The number of hydrogen-bond donors (Lipinski definition) is 0. The molecule has 0 fully saturated rings. The summed E-state index contributed by atoms with van der Waals surface area (Å²) in [6.07, 6.45) is 0. The van der Waals surface area contributed by atoms with Gasteiger partial charge in [0.1, 0.15) is 0 Å². The molecule has 17 aromatic rings. The summed E-state index contributed by atoms with van der Waals surface area (Å²) in [7, 11) is 0. The Morgan fingerprint density at radius 2 is 0.647 bits per heavy atom. The molecule has 119 heavy (non-hydrogen) atoms. The normalized spacial score (nSPS) is 14.2. The topological polar surface area (TPSA) is 55.0 Å². The Hall–Kier alpha value is -12.6. The van der Waals surface area contributed by atoms with Gasteiger partial charge in [0.15, 0.2) is 17.5 Å². The number of benzene rings is 14. The summed E-state index contributed by atoms with van der Waals surface area (Å²) < 4.78 is 83.2. The molecule has 0 aliphatic carbocycles. The molecule has 0 N–H and O–H groups in total. The van der Waals surface area contributed by atoms with Gasteiger partial charge in [-0.3, -0.25) is 0 Å². The molecule has 0 atom stereocenters. The number of fused-ring (bicyclic) bond motifs is 10. The quantitative estimate of drug-likeness (QED) is 0.128. The second-order valence-electron chi connectivity index (χ2n) is 38.8.